The van der Waals surface area contributed by atoms with Gasteiger partial charge in [-0.25, -0.2) is 4.79 Å². The van der Waals surface area contributed by atoms with Gasteiger partial charge in [-0.05, 0) is 43.0 Å². The van der Waals surface area contributed by atoms with Crippen LogP contribution in [0, 0.1) is 0 Å². The van der Waals surface area contributed by atoms with E-state index in [2.05, 4.69) is 28.2 Å². The van der Waals surface area contributed by atoms with E-state index in [1.54, 1.807) is 36.7 Å². The molecule has 3 N–H and O–H groups in total. The van der Waals surface area contributed by atoms with Crippen molar-refractivity contribution < 1.29 is 23.9 Å². The van der Waals surface area contributed by atoms with Crippen molar-refractivity contribution in [2.75, 3.05) is 0 Å². The average molecular weight is 474 g/mol. The monoisotopic (exact) mass is 473 g/mol. The fourth-order valence-corrected chi connectivity index (χ4v) is 4.33. The molecule has 1 unspecified atom stereocenters. The molecule has 1 saturated carbocycles. The fraction of sp³-hybridized carbons (Fsp3) is 0.500. The van der Waals surface area contributed by atoms with Crippen molar-refractivity contribution in [3.8, 4) is 11.5 Å². The van der Waals surface area contributed by atoms with E-state index in [1.807, 2.05) is 6.92 Å². The highest BCUT2D eigenvalue weighted by molar-refractivity contribution is 7.81. The van der Waals surface area contributed by atoms with Gasteiger partial charge in [0, 0.05) is 12.6 Å². The second kappa shape index (κ2) is 11.4. The molecule has 178 valence electrons. The molecule has 0 bridgehead atoms. The van der Waals surface area contributed by atoms with Crippen LogP contribution in [0.4, 0.5) is 0 Å². The van der Waals surface area contributed by atoms with Crippen LogP contribution in [0.5, 0.6) is 0 Å². The minimum absolute atomic E-state index is 0.0717. The van der Waals surface area contributed by atoms with Crippen LogP contribution in [0.25, 0.3) is 11.5 Å². The number of aromatic nitrogens is 1. The lowest BCUT2D eigenvalue weighted by molar-refractivity contribution is -0.143. The molecule has 8 nitrogen and oxygen atoms in total. The molecule has 1 fully saturated rings. The van der Waals surface area contributed by atoms with Gasteiger partial charge in [-0.15, -0.1) is 0 Å². The van der Waals surface area contributed by atoms with Gasteiger partial charge in [0.1, 0.15) is 17.3 Å². The number of hydrogen-bond donors (Lipinski definition) is 4. The second-order valence-corrected chi connectivity index (χ2v) is 9.16. The SMILES string of the molecule is CCCC[C@H](S)C(=O)NC1(C(=O)NC(Cc2ccc(-c3ccco3)nc2)C(=O)O)CCCC1. The number of carboxylic acids is 1. The Kier molecular flexibility index (Phi) is 8.55. The van der Waals surface area contributed by atoms with Crippen molar-refractivity contribution in [2.45, 2.75) is 75.1 Å². The number of unbranched alkanes of at least 4 members (excludes halogenated alkanes) is 1. The quantitative estimate of drug-likeness (QED) is 0.371. The van der Waals surface area contributed by atoms with Crippen LogP contribution in [0.15, 0.2) is 41.1 Å². The third-order valence-corrected chi connectivity index (χ3v) is 6.52. The topological polar surface area (TPSA) is 122 Å². The number of furan rings is 1. The van der Waals surface area contributed by atoms with Crippen molar-refractivity contribution in [3.05, 3.63) is 42.3 Å². The van der Waals surface area contributed by atoms with E-state index in [4.69, 9.17) is 4.42 Å². The number of rotatable bonds is 11. The number of carboxylic acid groups (broad SMARTS) is 1. The summed E-state index contributed by atoms with van der Waals surface area (Å²) in [6, 6.07) is 5.92. The number of carbonyl (C=O) groups is 3. The maximum Gasteiger partial charge on any atom is 0.326 e. The second-order valence-electron chi connectivity index (χ2n) is 8.53. The Hall–Kier alpha value is -2.81. The molecule has 2 heterocycles. The van der Waals surface area contributed by atoms with Crippen molar-refractivity contribution in [3.63, 3.8) is 0 Å². The molecule has 0 saturated heterocycles. The maximum absolute atomic E-state index is 13.2. The van der Waals surface area contributed by atoms with E-state index >= 15 is 0 Å². The molecule has 0 radical (unpaired) electrons. The molecule has 0 aromatic carbocycles. The zero-order chi connectivity index (χ0) is 23.8. The zero-order valence-electron chi connectivity index (χ0n) is 18.8. The molecule has 2 aromatic rings. The molecular weight excluding hydrogens is 442 g/mol. The zero-order valence-corrected chi connectivity index (χ0v) is 19.6. The summed E-state index contributed by atoms with van der Waals surface area (Å²) in [4.78, 5) is 42.1. The van der Waals surface area contributed by atoms with Crippen LogP contribution < -0.4 is 10.6 Å². The van der Waals surface area contributed by atoms with Crippen molar-refractivity contribution >= 4 is 30.4 Å². The number of pyridine rings is 1. The minimum Gasteiger partial charge on any atom is -0.480 e. The van der Waals surface area contributed by atoms with Crippen LogP contribution in [0.3, 0.4) is 0 Å². The Morgan fingerprint density at radius 2 is 2.00 bits per heavy atom. The minimum atomic E-state index is -1.15. The van der Waals surface area contributed by atoms with Gasteiger partial charge >= 0.3 is 5.97 Å². The number of thiol groups is 1. The van der Waals surface area contributed by atoms with Crippen LogP contribution in [-0.4, -0.2) is 44.7 Å². The first kappa shape index (κ1) is 24.8. The van der Waals surface area contributed by atoms with Gasteiger partial charge in [0.25, 0.3) is 0 Å². The average Bonchev–Trinajstić information content (AvgIpc) is 3.50. The van der Waals surface area contributed by atoms with Gasteiger partial charge in [0.05, 0.1) is 11.5 Å². The normalized spacial score (nSPS) is 16.7. The third kappa shape index (κ3) is 6.37. The molecule has 33 heavy (non-hydrogen) atoms. The number of nitrogens with zero attached hydrogens (tertiary/aromatic N) is 1. The van der Waals surface area contributed by atoms with E-state index in [0.717, 1.165) is 25.7 Å². The molecule has 2 amide bonds. The Morgan fingerprint density at radius 3 is 2.58 bits per heavy atom. The van der Waals surface area contributed by atoms with Gasteiger partial charge in [0.15, 0.2) is 5.76 Å². The molecule has 1 aliphatic rings. The predicted octanol–water partition coefficient (Wildman–Crippen LogP) is 3.37. The van der Waals surface area contributed by atoms with E-state index in [0.29, 0.717) is 36.3 Å². The van der Waals surface area contributed by atoms with E-state index in [-0.39, 0.29) is 12.3 Å². The van der Waals surface area contributed by atoms with Crippen LogP contribution >= 0.6 is 12.6 Å². The summed E-state index contributed by atoms with van der Waals surface area (Å²) >= 11 is 4.38. The highest BCUT2D eigenvalue weighted by atomic mass is 32.1. The molecule has 9 heteroatoms. The van der Waals surface area contributed by atoms with Crippen LogP contribution in [0.2, 0.25) is 0 Å². The van der Waals surface area contributed by atoms with Crippen LogP contribution in [0.1, 0.15) is 57.4 Å². The summed E-state index contributed by atoms with van der Waals surface area (Å²) in [5, 5.41) is 14.8. The number of carbonyl (C=O) groups excluding carboxylic acids is 2. The first-order valence-electron chi connectivity index (χ1n) is 11.4. The highest BCUT2D eigenvalue weighted by Crippen LogP contribution is 2.31. The van der Waals surface area contributed by atoms with Crippen molar-refractivity contribution in [1.29, 1.82) is 0 Å². The summed E-state index contributed by atoms with van der Waals surface area (Å²) in [7, 11) is 0. The van der Waals surface area contributed by atoms with E-state index < -0.39 is 28.7 Å². The Bertz CT molecular complexity index is 940. The van der Waals surface area contributed by atoms with Crippen molar-refractivity contribution in [1.82, 2.24) is 15.6 Å². The standard InChI is InChI=1S/C24H31N3O5S/c1-2-3-8-20(33)21(28)27-24(11-4-5-12-24)23(31)26-18(22(29)30)14-16-9-10-17(25-15-16)19-7-6-13-32-19/h6-7,9-10,13,15,18,20,33H,2-5,8,11-12,14H2,1H3,(H,26,31)(H,27,28)(H,29,30)/t18?,20-/m0/s1. The van der Waals surface area contributed by atoms with E-state index in [9.17, 15) is 19.5 Å². The predicted molar refractivity (Wildman–Crippen MR) is 127 cm³/mol. The Labute approximate surface area is 199 Å². The van der Waals surface area contributed by atoms with Crippen molar-refractivity contribution in [2.24, 2.45) is 0 Å². The summed E-state index contributed by atoms with van der Waals surface area (Å²) < 4.78 is 5.32. The summed E-state index contributed by atoms with van der Waals surface area (Å²) in [5.41, 5.74) is 0.202. The smallest absolute Gasteiger partial charge is 0.326 e. The third-order valence-electron chi connectivity index (χ3n) is 6.03. The number of aliphatic carboxylic acids is 1. The number of hydrogen-bond acceptors (Lipinski definition) is 6. The number of nitrogens with one attached hydrogen (secondary N) is 2. The van der Waals surface area contributed by atoms with Crippen LogP contribution in [-0.2, 0) is 20.8 Å². The molecule has 0 spiro atoms. The summed E-state index contributed by atoms with van der Waals surface area (Å²) in [6.07, 6.45) is 8.18. The molecule has 2 aromatic heterocycles. The molecular formula is C24H31N3O5S. The van der Waals surface area contributed by atoms with Gasteiger partial charge < -0.3 is 20.2 Å². The Balaban J connectivity index is 1.67. The lowest BCUT2D eigenvalue weighted by Crippen LogP contribution is -2.61. The maximum atomic E-state index is 13.2. The van der Waals surface area contributed by atoms with Gasteiger partial charge in [0.2, 0.25) is 11.8 Å². The summed E-state index contributed by atoms with van der Waals surface area (Å²) in [6.45, 7) is 2.04. The Morgan fingerprint density at radius 1 is 1.24 bits per heavy atom. The number of amides is 2. The lowest BCUT2D eigenvalue weighted by Gasteiger charge is -2.31. The molecule has 1 aliphatic carbocycles. The fourth-order valence-electron chi connectivity index (χ4n) is 4.08. The molecule has 0 aliphatic heterocycles. The summed E-state index contributed by atoms with van der Waals surface area (Å²) in [5.74, 6) is -1.27. The molecule has 2 atom stereocenters. The van der Waals surface area contributed by atoms with Gasteiger partial charge in [-0.3, -0.25) is 14.6 Å². The van der Waals surface area contributed by atoms with Gasteiger partial charge in [-0.1, -0.05) is 38.7 Å². The highest BCUT2D eigenvalue weighted by Gasteiger charge is 2.44. The largest absolute Gasteiger partial charge is 0.480 e. The first-order valence-corrected chi connectivity index (χ1v) is 11.9. The van der Waals surface area contributed by atoms with E-state index in [1.165, 1.54) is 0 Å². The lowest BCUT2D eigenvalue weighted by atomic mass is 9.94. The van der Waals surface area contributed by atoms with Gasteiger partial charge in [-0.2, -0.15) is 12.6 Å². The first-order chi connectivity index (χ1) is 15.8. The molecule has 3 rings (SSSR count).